The fourth-order valence-electron chi connectivity index (χ4n) is 1.50. The van der Waals surface area contributed by atoms with Crippen LogP contribution in [0, 0.1) is 17.1 Å². The Labute approximate surface area is 95.1 Å². The van der Waals surface area contributed by atoms with E-state index in [-0.39, 0.29) is 6.04 Å². The molecule has 86 valence electrons. The minimum Gasteiger partial charge on any atom is -0.383 e. The van der Waals surface area contributed by atoms with Gasteiger partial charge in [-0.3, -0.25) is 0 Å². The molecule has 1 unspecified atom stereocenters. The topological polar surface area (TPSA) is 36.3 Å². The van der Waals surface area contributed by atoms with Crippen LogP contribution in [-0.2, 0) is 4.74 Å². The van der Waals surface area contributed by atoms with Crippen molar-refractivity contribution in [1.82, 2.24) is 0 Å². The van der Waals surface area contributed by atoms with Crippen LogP contribution in [0.25, 0.3) is 0 Å². The second kappa shape index (κ2) is 5.47. The largest absolute Gasteiger partial charge is 0.383 e. The van der Waals surface area contributed by atoms with Crippen LogP contribution >= 0.6 is 0 Å². The molecule has 4 heteroatoms. The van der Waals surface area contributed by atoms with Gasteiger partial charge in [-0.05, 0) is 25.1 Å². The van der Waals surface area contributed by atoms with Gasteiger partial charge >= 0.3 is 0 Å². The van der Waals surface area contributed by atoms with Gasteiger partial charge in [-0.1, -0.05) is 0 Å². The second-order valence-electron chi connectivity index (χ2n) is 3.69. The van der Waals surface area contributed by atoms with Gasteiger partial charge in [0, 0.05) is 20.2 Å². The third-order valence-corrected chi connectivity index (χ3v) is 2.53. The number of methoxy groups -OCH3 is 1. The molecule has 0 radical (unpaired) electrons. The minimum atomic E-state index is -0.395. The number of ether oxygens (including phenoxy) is 1. The van der Waals surface area contributed by atoms with Gasteiger partial charge in [-0.25, -0.2) is 4.39 Å². The summed E-state index contributed by atoms with van der Waals surface area (Å²) in [6.45, 7) is 2.53. The first kappa shape index (κ1) is 12.5. The fourth-order valence-corrected chi connectivity index (χ4v) is 1.50. The summed E-state index contributed by atoms with van der Waals surface area (Å²) in [5, 5.41) is 8.93. The molecule has 0 amide bonds. The highest BCUT2D eigenvalue weighted by molar-refractivity contribution is 5.59. The van der Waals surface area contributed by atoms with Crippen molar-refractivity contribution in [2.75, 3.05) is 25.7 Å². The normalized spacial score (nSPS) is 11.9. The lowest BCUT2D eigenvalue weighted by Crippen LogP contribution is -2.33. The molecule has 1 aromatic rings. The summed E-state index contributed by atoms with van der Waals surface area (Å²) in [6.07, 6.45) is 0. The van der Waals surface area contributed by atoms with E-state index in [0.717, 1.165) is 0 Å². The van der Waals surface area contributed by atoms with Crippen molar-refractivity contribution in [3.05, 3.63) is 29.6 Å². The predicted octanol–water partition coefficient (Wildman–Crippen LogP) is 2.17. The highest BCUT2D eigenvalue weighted by Gasteiger charge is 2.13. The molecule has 1 rings (SSSR count). The van der Waals surface area contributed by atoms with E-state index >= 15 is 0 Å². The van der Waals surface area contributed by atoms with Crippen LogP contribution in [0.3, 0.4) is 0 Å². The summed E-state index contributed by atoms with van der Waals surface area (Å²) < 4.78 is 18.0. The number of halogens is 1. The Balaban J connectivity index is 2.99. The van der Waals surface area contributed by atoms with Crippen LogP contribution in [0.15, 0.2) is 18.2 Å². The molecule has 0 heterocycles. The van der Waals surface area contributed by atoms with Gasteiger partial charge in [-0.15, -0.1) is 0 Å². The van der Waals surface area contributed by atoms with Crippen LogP contribution in [0.5, 0.6) is 0 Å². The summed E-state index contributed by atoms with van der Waals surface area (Å²) in [7, 11) is 3.48. The van der Waals surface area contributed by atoms with E-state index in [2.05, 4.69) is 0 Å². The fraction of sp³-hybridized carbons (Fsp3) is 0.417. The van der Waals surface area contributed by atoms with E-state index in [0.29, 0.717) is 17.9 Å². The first-order chi connectivity index (χ1) is 7.60. The average molecular weight is 222 g/mol. The lowest BCUT2D eigenvalue weighted by Gasteiger charge is -2.27. The third kappa shape index (κ3) is 2.71. The van der Waals surface area contributed by atoms with E-state index < -0.39 is 5.82 Å². The summed E-state index contributed by atoms with van der Waals surface area (Å²) in [4.78, 5) is 1.90. The molecule has 0 saturated carbocycles. The summed E-state index contributed by atoms with van der Waals surface area (Å²) in [5.74, 6) is -0.395. The number of benzene rings is 1. The third-order valence-electron chi connectivity index (χ3n) is 2.53. The van der Waals surface area contributed by atoms with Crippen molar-refractivity contribution in [1.29, 1.82) is 5.26 Å². The van der Waals surface area contributed by atoms with Gasteiger partial charge in [0.25, 0.3) is 0 Å². The second-order valence-corrected chi connectivity index (χ2v) is 3.69. The van der Waals surface area contributed by atoms with Crippen LogP contribution in [0.4, 0.5) is 10.1 Å². The first-order valence-corrected chi connectivity index (χ1v) is 5.01. The van der Waals surface area contributed by atoms with E-state index in [9.17, 15) is 4.39 Å². The molecule has 0 aromatic heterocycles. The van der Waals surface area contributed by atoms with Crippen LogP contribution < -0.4 is 4.90 Å². The summed E-state index contributed by atoms with van der Waals surface area (Å²) >= 11 is 0. The minimum absolute atomic E-state index is 0.127. The highest BCUT2D eigenvalue weighted by atomic mass is 19.1. The molecule has 3 nitrogen and oxygen atoms in total. The lowest BCUT2D eigenvalue weighted by atomic mass is 10.1. The van der Waals surface area contributed by atoms with Crippen molar-refractivity contribution in [3.8, 4) is 6.07 Å². The molecule has 0 aliphatic heterocycles. The molecule has 0 bridgehead atoms. The zero-order valence-corrected chi connectivity index (χ0v) is 9.70. The quantitative estimate of drug-likeness (QED) is 0.783. The molecule has 0 spiro atoms. The summed E-state index contributed by atoms with van der Waals surface area (Å²) in [5.41, 5.74) is 1.05. The van der Waals surface area contributed by atoms with Crippen LogP contribution in [0.1, 0.15) is 12.5 Å². The standard InChI is InChI=1S/C12H15FN2O/c1-9(8-16-3)15(2)12-5-4-11(13)6-10(12)7-14/h4-6,9H,8H2,1-3H3. The van der Waals surface area contributed by atoms with Crippen LogP contribution in [0.2, 0.25) is 0 Å². The van der Waals surface area contributed by atoms with Gasteiger partial charge in [0.15, 0.2) is 0 Å². The van der Waals surface area contributed by atoms with Crippen molar-refractivity contribution in [3.63, 3.8) is 0 Å². The average Bonchev–Trinajstić information content (AvgIpc) is 2.28. The van der Waals surface area contributed by atoms with Gasteiger partial charge in [0.2, 0.25) is 0 Å². The smallest absolute Gasteiger partial charge is 0.124 e. The van der Waals surface area contributed by atoms with Crippen molar-refractivity contribution in [2.45, 2.75) is 13.0 Å². The van der Waals surface area contributed by atoms with E-state index in [1.54, 1.807) is 13.2 Å². The number of hydrogen-bond donors (Lipinski definition) is 0. The molecule has 16 heavy (non-hydrogen) atoms. The molecule has 1 atom stereocenters. The Morgan fingerprint density at radius 2 is 2.25 bits per heavy atom. The molecule has 0 saturated heterocycles. The van der Waals surface area contributed by atoms with Crippen LogP contribution in [-0.4, -0.2) is 26.8 Å². The van der Waals surface area contributed by atoms with Gasteiger partial charge < -0.3 is 9.64 Å². The van der Waals surface area contributed by atoms with Gasteiger partial charge in [-0.2, -0.15) is 5.26 Å². The molecule has 0 aliphatic carbocycles. The predicted molar refractivity (Wildman–Crippen MR) is 60.9 cm³/mol. The number of nitrogens with zero attached hydrogens (tertiary/aromatic N) is 2. The first-order valence-electron chi connectivity index (χ1n) is 5.01. The SMILES string of the molecule is COCC(C)N(C)c1ccc(F)cc1C#N. The number of anilines is 1. The summed E-state index contributed by atoms with van der Waals surface area (Å²) in [6, 6.07) is 6.33. The van der Waals surface area contributed by atoms with Gasteiger partial charge in [0.1, 0.15) is 11.9 Å². The number of hydrogen-bond acceptors (Lipinski definition) is 3. The number of nitriles is 1. The zero-order chi connectivity index (χ0) is 12.1. The molecule has 0 N–H and O–H groups in total. The molecule has 0 aliphatic rings. The maximum absolute atomic E-state index is 13.0. The molecular formula is C12H15FN2O. The van der Waals surface area contributed by atoms with Crippen molar-refractivity contribution >= 4 is 5.69 Å². The zero-order valence-electron chi connectivity index (χ0n) is 9.70. The Hall–Kier alpha value is -1.60. The van der Waals surface area contributed by atoms with E-state index in [1.165, 1.54) is 12.1 Å². The Morgan fingerprint density at radius 3 is 2.81 bits per heavy atom. The van der Waals surface area contributed by atoms with Crippen molar-refractivity contribution in [2.24, 2.45) is 0 Å². The molecule has 1 aromatic carbocycles. The van der Waals surface area contributed by atoms with Crippen molar-refractivity contribution < 1.29 is 9.13 Å². The Bertz CT molecular complexity index is 400. The van der Waals surface area contributed by atoms with E-state index in [1.807, 2.05) is 24.9 Å². The Kier molecular flexibility index (Phi) is 4.27. The van der Waals surface area contributed by atoms with Gasteiger partial charge in [0.05, 0.1) is 17.9 Å². The number of rotatable bonds is 4. The number of likely N-dealkylation sites (N-methyl/N-ethyl adjacent to an activating group) is 1. The highest BCUT2D eigenvalue weighted by Crippen LogP contribution is 2.21. The Morgan fingerprint density at radius 1 is 1.56 bits per heavy atom. The molecule has 0 fully saturated rings. The monoisotopic (exact) mass is 222 g/mol. The molecular weight excluding hydrogens is 207 g/mol. The lowest BCUT2D eigenvalue weighted by molar-refractivity contribution is 0.183. The van der Waals surface area contributed by atoms with E-state index in [4.69, 9.17) is 10.00 Å². The maximum atomic E-state index is 13.0. The maximum Gasteiger partial charge on any atom is 0.124 e.